The highest BCUT2D eigenvalue weighted by atomic mass is 35.5. The minimum atomic E-state index is -4.37. The number of aliphatic hydroxyl groups excluding tert-OH is 2. The molecule has 4 N–H and O–H groups in total. The highest BCUT2D eigenvalue weighted by Gasteiger charge is 2.44. The monoisotopic (exact) mass is 497 g/mol. The van der Waals surface area contributed by atoms with Crippen LogP contribution in [-0.4, -0.2) is 70.8 Å². The van der Waals surface area contributed by atoms with Crippen LogP contribution in [0, 0.1) is 0 Å². The number of aromatic nitrogens is 4. The third-order valence-corrected chi connectivity index (χ3v) is 6.36. The third-order valence-electron chi connectivity index (χ3n) is 5.67. The van der Waals surface area contributed by atoms with Gasteiger partial charge in [-0.1, -0.05) is 24.3 Å². The van der Waals surface area contributed by atoms with Gasteiger partial charge in [0.25, 0.3) is 0 Å². The summed E-state index contributed by atoms with van der Waals surface area (Å²) in [5, 5.41) is 20.9. The zero-order valence-corrected chi connectivity index (χ0v) is 18.7. The van der Waals surface area contributed by atoms with E-state index in [1.807, 2.05) is 29.2 Å². The molecule has 0 radical (unpaired) electrons. The lowest BCUT2D eigenvalue weighted by Gasteiger charge is -2.19. The molecule has 2 aromatic heterocycles. The molecule has 0 amide bonds. The van der Waals surface area contributed by atoms with E-state index in [2.05, 4.69) is 15.0 Å². The molecular formula is C19H21ClN5O7P. The number of benzene rings is 1. The summed E-state index contributed by atoms with van der Waals surface area (Å²) in [6.07, 6.45) is -4.20. The molecule has 14 heteroatoms. The molecule has 0 aliphatic carbocycles. The van der Waals surface area contributed by atoms with Crippen molar-refractivity contribution in [2.75, 3.05) is 17.9 Å². The van der Waals surface area contributed by atoms with Crippen molar-refractivity contribution in [3.8, 4) is 0 Å². The molecule has 0 unspecified atom stereocenters. The van der Waals surface area contributed by atoms with Crippen LogP contribution in [0.1, 0.15) is 17.4 Å². The van der Waals surface area contributed by atoms with Crippen molar-refractivity contribution in [2.24, 2.45) is 0 Å². The Morgan fingerprint density at radius 1 is 1.15 bits per heavy atom. The fourth-order valence-electron chi connectivity index (χ4n) is 4.15. The van der Waals surface area contributed by atoms with Crippen LogP contribution in [0.25, 0.3) is 11.2 Å². The van der Waals surface area contributed by atoms with Crippen LogP contribution >= 0.6 is 19.2 Å². The predicted molar refractivity (Wildman–Crippen MR) is 115 cm³/mol. The Morgan fingerprint density at radius 2 is 1.85 bits per heavy atom. The number of hydrogen-bond donors (Lipinski definition) is 4. The molecule has 4 atom stereocenters. The number of nitrogens with zero attached hydrogens (tertiary/aromatic N) is 5. The first kappa shape index (κ1) is 22.6. The number of halogens is 1. The Balaban J connectivity index is 1.41. The van der Waals surface area contributed by atoms with Gasteiger partial charge in [-0.25, -0.2) is 4.98 Å². The summed E-state index contributed by atoms with van der Waals surface area (Å²) in [6.45, 7) is 0.941. The maximum Gasteiger partial charge on any atom is 0.350 e. The standard InChI is InChI=1S/C19H21ClN5O7P/c20-19-22-16(24-5-10-3-1-2-4-11(10)6-24)13-17(23-19)25(8-21-13)18-15(27)14(26)12(32-18)7-31-9-33(28,29)30/h1-4,8,12,14-15,18,26-27H,5-7,9H2,(H2,28,29,30)/t12-,14-,15-,18-/m1/s1. The fourth-order valence-corrected chi connectivity index (χ4v) is 4.65. The Bertz CT molecular complexity index is 1210. The fraction of sp³-hybridized carbons (Fsp3) is 0.421. The lowest BCUT2D eigenvalue weighted by atomic mass is 10.1. The first-order chi connectivity index (χ1) is 15.7. The highest BCUT2D eigenvalue weighted by Crippen LogP contribution is 2.37. The molecule has 1 fully saturated rings. The number of imidazole rings is 1. The van der Waals surface area contributed by atoms with E-state index in [1.165, 1.54) is 22.0 Å². The van der Waals surface area contributed by atoms with Gasteiger partial charge in [-0.15, -0.1) is 0 Å². The van der Waals surface area contributed by atoms with Crippen LogP contribution in [0.2, 0.25) is 5.28 Å². The van der Waals surface area contributed by atoms with Gasteiger partial charge in [0.05, 0.1) is 12.9 Å². The predicted octanol–water partition coefficient (Wildman–Crippen LogP) is 0.771. The maximum absolute atomic E-state index is 11.0. The largest absolute Gasteiger partial charge is 0.387 e. The average molecular weight is 498 g/mol. The normalized spacial score (nSPS) is 25.2. The lowest BCUT2D eigenvalue weighted by molar-refractivity contribution is -0.0612. The van der Waals surface area contributed by atoms with Crippen molar-refractivity contribution < 1.29 is 34.0 Å². The summed E-state index contributed by atoms with van der Waals surface area (Å²) in [7, 11) is -4.37. The second kappa shape index (κ2) is 8.57. The van der Waals surface area contributed by atoms with Crippen LogP contribution in [0.3, 0.4) is 0 Å². The molecule has 4 heterocycles. The maximum atomic E-state index is 11.0. The van der Waals surface area contributed by atoms with Crippen molar-refractivity contribution in [1.29, 1.82) is 0 Å². The summed E-state index contributed by atoms with van der Waals surface area (Å²) in [5.41, 5.74) is 3.12. The van der Waals surface area contributed by atoms with Crippen molar-refractivity contribution in [1.82, 2.24) is 19.5 Å². The van der Waals surface area contributed by atoms with Crippen molar-refractivity contribution in [2.45, 2.75) is 37.6 Å². The van der Waals surface area contributed by atoms with E-state index in [1.54, 1.807) is 0 Å². The lowest BCUT2D eigenvalue weighted by Crippen LogP contribution is -2.33. The Kier molecular flexibility index (Phi) is 5.88. The third kappa shape index (κ3) is 4.36. The summed E-state index contributed by atoms with van der Waals surface area (Å²) in [5.74, 6) is 0.537. The molecule has 2 aliphatic rings. The molecule has 0 saturated carbocycles. The van der Waals surface area contributed by atoms with Crippen LogP contribution in [0.4, 0.5) is 5.82 Å². The molecular weight excluding hydrogens is 477 g/mol. The second-order valence-electron chi connectivity index (χ2n) is 7.98. The van der Waals surface area contributed by atoms with E-state index >= 15 is 0 Å². The van der Waals surface area contributed by atoms with Crippen molar-refractivity contribution in [3.63, 3.8) is 0 Å². The van der Waals surface area contributed by atoms with Gasteiger partial charge in [0.2, 0.25) is 5.28 Å². The Morgan fingerprint density at radius 3 is 2.52 bits per heavy atom. The van der Waals surface area contributed by atoms with Gasteiger partial charge in [0.1, 0.15) is 24.7 Å². The summed E-state index contributed by atoms with van der Waals surface area (Å²) >= 11 is 6.22. The molecule has 0 spiro atoms. The number of anilines is 1. The summed E-state index contributed by atoms with van der Waals surface area (Å²) in [4.78, 5) is 32.9. The van der Waals surface area contributed by atoms with Crippen LogP contribution < -0.4 is 4.90 Å². The molecule has 2 aliphatic heterocycles. The Hall–Kier alpha value is -2.15. The van der Waals surface area contributed by atoms with Crippen LogP contribution in [-0.2, 0) is 27.1 Å². The number of ether oxygens (including phenoxy) is 2. The topological polar surface area (TPSA) is 163 Å². The zero-order valence-electron chi connectivity index (χ0n) is 17.1. The van der Waals surface area contributed by atoms with Gasteiger partial charge in [-0.2, -0.15) is 9.97 Å². The van der Waals surface area contributed by atoms with Crippen molar-refractivity contribution >= 4 is 36.2 Å². The molecule has 3 aromatic rings. The molecule has 5 rings (SSSR count). The molecule has 0 bridgehead atoms. The van der Waals surface area contributed by atoms with Gasteiger partial charge in [0, 0.05) is 13.1 Å². The smallest absolute Gasteiger partial charge is 0.350 e. The number of rotatable bonds is 6. The van der Waals surface area contributed by atoms with Gasteiger partial charge < -0.3 is 34.4 Å². The summed E-state index contributed by atoms with van der Waals surface area (Å²) in [6, 6.07) is 8.05. The number of fused-ring (bicyclic) bond motifs is 2. The minimum Gasteiger partial charge on any atom is -0.387 e. The van der Waals surface area contributed by atoms with E-state index in [9.17, 15) is 14.8 Å². The van der Waals surface area contributed by atoms with E-state index in [0.717, 1.165) is 0 Å². The first-order valence-corrected chi connectivity index (χ1v) is 12.2. The number of hydrogen-bond acceptors (Lipinski definition) is 9. The first-order valence-electron chi connectivity index (χ1n) is 10.1. The SMILES string of the molecule is O=P(O)(O)COC[C@H]1O[C@@H](n2cnc3c(N4Cc5ccccc5C4)nc(Cl)nc32)[C@H](O)[C@@H]1O. The van der Waals surface area contributed by atoms with Gasteiger partial charge in [-0.05, 0) is 22.7 Å². The van der Waals surface area contributed by atoms with E-state index in [-0.39, 0.29) is 11.9 Å². The van der Waals surface area contributed by atoms with E-state index < -0.39 is 38.5 Å². The Labute approximate surface area is 192 Å². The highest BCUT2D eigenvalue weighted by molar-refractivity contribution is 7.51. The van der Waals surface area contributed by atoms with Gasteiger partial charge in [0.15, 0.2) is 23.2 Å². The number of aliphatic hydroxyl groups is 2. The van der Waals surface area contributed by atoms with Crippen molar-refractivity contribution in [3.05, 3.63) is 47.0 Å². The second-order valence-corrected chi connectivity index (χ2v) is 9.90. The van der Waals surface area contributed by atoms with Gasteiger partial charge in [-0.3, -0.25) is 9.13 Å². The molecule has 1 aromatic carbocycles. The molecule has 33 heavy (non-hydrogen) atoms. The van der Waals surface area contributed by atoms with Gasteiger partial charge >= 0.3 is 7.60 Å². The summed E-state index contributed by atoms with van der Waals surface area (Å²) < 4.78 is 23.1. The van der Waals surface area contributed by atoms with Crippen LogP contribution in [0.5, 0.6) is 0 Å². The molecule has 12 nitrogen and oxygen atoms in total. The minimum absolute atomic E-state index is 0.00947. The average Bonchev–Trinajstić information content (AvgIpc) is 3.44. The van der Waals surface area contributed by atoms with E-state index in [0.29, 0.717) is 30.1 Å². The zero-order chi connectivity index (χ0) is 23.3. The molecule has 176 valence electrons. The van der Waals surface area contributed by atoms with Crippen LogP contribution in [0.15, 0.2) is 30.6 Å². The quantitative estimate of drug-likeness (QED) is 0.281. The van der Waals surface area contributed by atoms with E-state index in [4.69, 9.17) is 30.9 Å². The molecule has 1 saturated heterocycles.